The molecule has 0 aliphatic rings. The maximum absolute atomic E-state index is 12.4. The van der Waals surface area contributed by atoms with Gasteiger partial charge in [-0.1, -0.05) is 48.0 Å². The number of ether oxygens (including phenoxy) is 1. The van der Waals surface area contributed by atoms with Crippen molar-refractivity contribution in [3.05, 3.63) is 94.8 Å². The van der Waals surface area contributed by atoms with Crippen molar-refractivity contribution in [2.24, 2.45) is 0 Å². The Morgan fingerprint density at radius 1 is 0.966 bits per heavy atom. The Kier molecular flexibility index (Phi) is 5.12. The van der Waals surface area contributed by atoms with Crippen LogP contribution < -0.4 is 15.7 Å². The van der Waals surface area contributed by atoms with Crippen molar-refractivity contribution in [3.63, 3.8) is 0 Å². The van der Waals surface area contributed by atoms with Crippen LogP contribution in [0.4, 0.5) is 5.69 Å². The minimum Gasteiger partial charge on any atom is -0.484 e. The number of rotatable bonds is 5. The highest BCUT2D eigenvalue weighted by molar-refractivity contribution is 5.92. The predicted molar refractivity (Wildman–Crippen MR) is 113 cm³/mol. The number of para-hydroxylation sites is 1. The van der Waals surface area contributed by atoms with Gasteiger partial charge in [0.1, 0.15) is 11.3 Å². The SMILES string of the molecule is Cc1ccc(OCC(=O)Nc2cccc(-c3cc4ccccc4oc3=O)c2)cc1. The first-order valence-electron chi connectivity index (χ1n) is 9.21. The maximum atomic E-state index is 12.4. The number of fused-ring (bicyclic) bond motifs is 1. The molecule has 5 nitrogen and oxygen atoms in total. The van der Waals surface area contributed by atoms with E-state index in [1.165, 1.54) is 0 Å². The van der Waals surface area contributed by atoms with Crippen molar-refractivity contribution in [2.45, 2.75) is 6.92 Å². The molecule has 0 saturated heterocycles. The number of hydrogen-bond donors (Lipinski definition) is 1. The molecule has 0 radical (unpaired) electrons. The van der Waals surface area contributed by atoms with E-state index in [9.17, 15) is 9.59 Å². The first-order chi connectivity index (χ1) is 14.1. The molecule has 1 N–H and O–H groups in total. The molecule has 4 aromatic rings. The lowest BCUT2D eigenvalue weighted by Gasteiger charge is -2.09. The molecular weight excluding hydrogens is 366 g/mol. The molecule has 29 heavy (non-hydrogen) atoms. The predicted octanol–water partition coefficient (Wildman–Crippen LogP) is 4.79. The van der Waals surface area contributed by atoms with Crippen molar-refractivity contribution in [1.29, 1.82) is 0 Å². The lowest BCUT2D eigenvalue weighted by Crippen LogP contribution is -2.20. The Labute approximate surface area is 167 Å². The number of anilines is 1. The zero-order valence-electron chi connectivity index (χ0n) is 15.8. The summed E-state index contributed by atoms with van der Waals surface area (Å²) in [7, 11) is 0. The normalized spacial score (nSPS) is 10.7. The third-order valence-corrected chi connectivity index (χ3v) is 4.49. The van der Waals surface area contributed by atoms with Crippen molar-refractivity contribution < 1.29 is 13.9 Å². The molecule has 0 saturated carbocycles. The minimum atomic E-state index is -0.421. The standard InChI is InChI=1S/C24H19NO4/c1-16-9-11-20(12-10-16)28-15-23(26)25-19-7-4-6-17(13-19)21-14-18-5-2-3-8-22(18)29-24(21)27/h2-14H,15H2,1H3,(H,25,26). The topological polar surface area (TPSA) is 68.5 Å². The molecule has 0 atom stereocenters. The van der Waals surface area contributed by atoms with Crippen LogP contribution in [0.1, 0.15) is 5.56 Å². The number of aryl methyl sites for hydroxylation is 1. The molecule has 0 aliphatic carbocycles. The number of amides is 1. The molecule has 1 aromatic heterocycles. The number of benzene rings is 3. The van der Waals surface area contributed by atoms with Gasteiger partial charge in [0, 0.05) is 11.1 Å². The van der Waals surface area contributed by atoms with Crippen LogP contribution in [0, 0.1) is 6.92 Å². The van der Waals surface area contributed by atoms with E-state index in [0.717, 1.165) is 10.9 Å². The van der Waals surface area contributed by atoms with Gasteiger partial charge in [0.2, 0.25) is 0 Å². The second-order valence-corrected chi connectivity index (χ2v) is 6.72. The largest absolute Gasteiger partial charge is 0.484 e. The van der Waals surface area contributed by atoms with E-state index in [0.29, 0.717) is 28.1 Å². The van der Waals surface area contributed by atoms with E-state index in [2.05, 4.69) is 5.32 Å². The molecule has 5 heteroatoms. The number of hydrogen-bond acceptors (Lipinski definition) is 4. The lowest BCUT2D eigenvalue weighted by atomic mass is 10.1. The maximum Gasteiger partial charge on any atom is 0.344 e. The Balaban J connectivity index is 1.50. The average molecular weight is 385 g/mol. The second-order valence-electron chi connectivity index (χ2n) is 6.72. The van der Waals surface area contributed by atoms with E-state index in [1.807, 2.05) is 49.4 Å². The van der Waals surface area contributed by atoms with Crippen molar-refractivity contribution in [1.82, 2.24) is 0 Å². The summed E-state index contributed by atoms with van der Waals surface area (Å²) < 4.78 is 10.9. The van der Waals surface area contributed by atoms with Crippen LogP contribution in [0.2, 0.25) is 0 Å². The van der Waals surface area contributed by atoms with Gasteiger partial charge < -0.3 is 14.5 Å². The van der Waals surface area contributed by atoms with Crippen molar-refractivity contribution in [2.75, 3.05) is 11.9 Å². The average Bonchev–Trinajstić information content (AvgIpc) is 2.73. The summed E-state index contributed by atoms with van der Waals surface area (Å²) in [6, 6.07) is 23.7. The molecule has 144 valence electrons. The highest BCUT2D eigenvalue weighted by Crippen LogP contribution is 2.23. The fourth-order valence-electron chi connectivity index (χ4n) is 3.01. The van der Waals surface area contributed by atoms with Gasteiger partial charge in [-0.15, -0.1) is 0 Å². The molecule has 0 spiro atoms. The smallest absolute Gasteiger partial charge is 0.344 e. The molecule has 0 unspecified atom stereocenters. The third-order valence-electron chi connectivity index (χ3n) is 4.49. The summed E-state index contributed by atoms with van der Waals surface area (Å²) in [5.74, 6) is 0.349. The molecular formula is C24H19NO4. The van der Waals surface area contributed by atoms with E-state index >= 15 is 0 Å². The Morgan fingerprint density at radius 3 is 2.59 bits per heavy atom. The number of nitrogens with one attached hydrogen (secondary N) is 1. The molecule has 0 fully saturated rings. The molecule has 0 bridgehead atoms. The highest BCUT2D eigenvalue weighted by atomic mass is 16.5. The Hall–Kier alpha value is -3.86. The molecule has 4 rings (SSSR count). The molecule has 3 aromatic carbocycles. The first kappa shape index (κ1) is 18.5. The van der Waals surface area contributed by atoms with E-state index in [4.69, 9.17) is 9.15 Å². The van der Waals surface area contributed by atoms with Gasteiger partial charge in [0.05, 0.1) is 5.56 Å². The molecule has 1 heterocycles. The van der Waals surface area contributed by atoms with Crippen molar-refractivity contribution in [3.8, 4) is 16.9 Å². The minimum absolute atomic E-state index is 0.106. The van der Waals surface area contributed by atoms with Crippen molar-refractivity contribution >= 4 is 22.6 Å². The van der Waals surface area contributed by atoms with E-state index in [1.54, 1.807) is 36.4 Å². The molecule has 1 amide bonds. The highest BCUT2D eigenvalue weighted by Gasteiger charge is 2.10. The number of carbonyl (C=O) groups is 1. The van der Waals surface area contributed by atoms with Crippen LogP contribution >= 0.6 is 0 Å². The Morgan fingerprint density at radius 2 is 1.76 bits per heavy atom. The quantitative estimate of drug-likeness (QED) is 0.502. The van der Waals surface area contributed by atoms with Gasteiger partial charge in [-0.2, -0.15) is 0 Å². The summed E-state index contributed by atoms with van der Waals surface area (Å²) in [4.78, 5) is 24.6. The fourth-order valence-corrected chi connectivity index (χ4v) is 3.01. The van der Waals surface area contributed by atoms with Crippen LogP contribution in [0.5, 0.6) is 5.75 Å². The van der Waals surface area contributed by atoms with Gasteiger partial charge in [-0.3, -0.25) is 4.79 Å². The van der Waals surface area contributed by atoms with Crippen LogP contribution in [0.15, 0.2) is 88.1 Å². The van der Waals surface area contributed by atoms with Crippen LogP contribution in [-0.4, -0.2) is 12.5 Å². The zero-order valence-corrected chi connectivity index (χ0v) is 15.8. The summed E-state index contributed by atoms with van der Waals surface area (Å²) in [6.45, 7) is 1.88. The van der Waals surface area contributed by atoms with Gasteiger partial charge >= 0.3 is 5.63 Å². The van der Waals surface area contributed by atoms with Crippen LogP contribution in [0.25, 0.3) is 22.1 Å². The monoisotopic (exact) mass is 385 g/mol. The van der Waals surface area contributed by atoms with Crippen LogP contribution in [0.3, 0.4) is 0 Å². The Bertz CT molecular complexity index is 1230. The van der Waals surface area contributed by atoms with Gasteiger partial charge in [0.15, 0.2) is 6.61 Å². The summed E-state index contributed by atoms with van der Waals surface area (Å²) in [6.07, 6.45) is 0. The summed E-state index contributed by atoms with van der Waals surface area (Å²) >= 11 is 0. The first-order valence-corrected chi connectivity index (χ1v) is 9.21. The van der Waals surface area contributed by atoms with E-state index in [-0.39, 0.29) is 12.5 Å². The molecule has 0 aliphatic heterocycles. The zero-order chi connectivity index (χ0) is 20.2. The van der Waals surface area contributed by atoms with E-state index < -0.39 is 5.63 Å². The van der Waals surface area contributed by atoms with Gasteiger partial charge in [-0.05, 0) is 48.9 Å². The van der Waals surface area contributed by atoms with Gasteiger partial charge in [-0.25, -0.2) is 4.79 Å². The second kappa shape index (κ2) is 8.02. The fraction of sp³-hybridized carbons (Fsp3) is 0.0833. The van der Waals surface area contributed by atoms with Crippen LogP contribution in [-0.2, 0) is 4.79 Å². The summed E-state index contributed by atoms with van der Waals surface area (Å²) in [5, 5.41) is 3.63. The summed E-state index contributed by atoms with van der Waals surface area (Å²) in [5.41, 5.74) is 2.93. The lowest BCUT2D eigenvalue weighted by molar-refractivity contribution is -0.118. The number of carbonyl (C=O) groups excluding carboxylic acids is 1. The third kappa shape index (κ3) is 4.35. The van der Waals surface area contributed by atoms with Gasteiger partial charge in [0.25, 0.3) is 5.91 Å².